The minimum atomic E-state index is -0.0518. The smallest absolute Gasteiger partial charge is 0.161 e. The molecule has 0 aliphatic heterocycles. The van der Waals surface area contributed by atoms with E-state index in [2.05, 4.69) is 208 Å². The first kappa shape index (κ1) is 33.2. The van der Waals surface area contributed by atoms with Gasteiger partial charge in [-0.05, 0) is 89.0 Å². The number of hydrogen-bond acceptors (Lipinski definition) is 2. The fourth-order valence-corrected chi connectivity index (χ4v) is 9.30. The number of benzene rings is 9. The molecule has 10 aromatic rings. The summed E-state index contributed by atoms with van der Waals surface area (Å²) in [5.41, 5.74) is 15.1. The summed E-state index contributed by atoms with van der Waals surface area (Å²) >= 11 is 0. The molecule has 0 bridgehead atoms. The van der Waals surface area contributed by atoms with Crippen molar-refractivity contribution in [3.63, 3.8) is 0 Å². The molecule has 268 valence electrons. The van der Waals surface area contributed by atoms with Crippen LogP contribution < -0.4 is 0 Å². The van der Waals surface area contributed by atoms with Gasteiger partial charge in [0.05, 0.1) is 11.4 Å². The van der Waals surface area contributed by atoms with Crippen LogP contribution in [-0.4, -0.2) is 9.97 Å². The number of aromatic nitrogens is 2. The van der Waals surface area contributed by atoms with E-state index in [-0.39, 0.29) is 5.41 Å². The normalized spacial score (nSPS) is 12.9. The Kier molecular flexibility index (Phi) is 7.55. The van der Waals surface area contributed by atoms with E-state index >= 15 is 0 Å². The van der Waals surface area contributed by atoms with E-state index in [1.54, 1.807) is 0 Å². The lowest BCUT2D eigenvalue weighted by Gasteiger charge is -2.21. The Bertz CT molecular complexity index is 3190. The molecule has 1 aliphatic carbocycles. The van der Waals surface area contributed by atoms with E-state index < -0.39 is 0 Å². The van der Waals surface area contributed by atoms with Crippen molar-refractivity contribution in [1.82, 2.24) is 9.97 Å². The topological polar surface area (TPSA) is 25.8 Å². The monoisotopic (exact) mass is 726 g/mol. The molecule has 0 unspecified atom stereocenters. The van der Waals surface area contributed by atoms with E-state index in [4.69, 9.17) is 9.97 Å². The summed E-state index contributed by atoms with van der Waals surface area (Å²) in [5.74, 6) is 0.714. The Morgan fingerprint density at radius 3 is 1.75 bits per heavy atom. The number of rotatable bonds is 5. The van der Waals surface area contributed by atoms with Gasteiger partial charge in [-0.1, -0.05) is 196 Å². The number of hydrogen-bond donors (Lipinski definition) is 0. The minimum Gasteiger partial charge on any atom is -0.228 e. The highest BCUT2D eigenvalue weighted by Crippen LogP contribution is 2.52. The fourth-order valence-electron chi connectivity index (χ4n) is 9.30. The van der Waals surface area contributed by atoms with Crippen molar-refractivity contribution in [3.05, 3.63) is 205 Å². The van der Waals surface area contributed by atoms with Crippen molar-refractivity contribution in [1.29, 1.82) is 0 Å². The second-order valence-electron chi connectivity index (χ2n) is 15.7. The summed E-state index contributed by atoms with van der Waals surface area (Å²) in [5, 5.41) is 7.09. The highest BCUT2D eigenvalue weighted by atomic mass is 14.9. The van der Waals surface area contributed by atoms with Gasteiger partial charge >= 0.3 is 0 Å². The van der Waals surface area contributed by atoms with Crippen LogP contribution in [0.15, 0.2) is 194 Å². The van der Waals surface area contributed by atoms with Gasteiger partial charge in [-0.25, -0.2) is 9.97 Å². The molecule has 11 rings (SSSR count). The average molecular weight is 727 g/mol. The van der Waals surface area contributed by atoms with E-state index in [0.29, 0.717) is 5.82 Å². The minimum absolute atomic E-state index is 0.0518. The molecular weight excluding hydrogens is 689 g/mol. The van der Waals surface area contributed by atoms with Crippen LogP contribution in [0.3, 0.4) is 0 Å². The molecule has 0 amide bonds. The molecule has 0 saturated heterocycles. The zero-order valence-electron chi connectivity index (χ0n) is 31.9. The van der Waals surface area contributed by atoms with Gasteiger partial charge in [0.1, 0.15) is 0 Å². The van der Waals surface area contributed by atoms with Crippen LogP contribution in [0.5, 0.6) is 0 Å². The summed E-state index contributed by atoms with van der Waals surface area (Å²) in [6.45, 7) is 4.68. The quantitative estimate of drug-likeness (QED) is 0.130. The van der Waals surface area contributed by atoms with Crippen LogP contribution in [0.4, 0.5) is 0 Å². The molecule has 0 fully saturated rings. The van der Waals surface area contributed by atoms with Crippen LogP contribution in [0.25, 0.3) is 99.6 Å². The highest BCUT2D eigenvalue weighted by molar-refractivity contribution is 6.19. The van der Waals surface area contributed by atoms with E-state index in [1.807, 2.05) is 0 Å². The first-order chi connectivity index (χ1) is 28.0. The SMILES string of the molecule is CC1(C)c2ccccc2-c2c(-c3ccc(-c4cc(-c5ccccc5-c5ccccc5)nc(-c5c6ccccc6cc6c5ccc5ccccc56)n4)cc3)cccc21. The van der Waals surface area contributed by atoms with Gasteiger partial charge in [-0.3, -0.25) is 0 Å². The molecule has 0 N–H and O–H groups in total. The molecule has 0 atom stereocenters. The lowest BCUT2D eigenvalue weighted by molar-refractivity contribution is 0.660. The van der Waals surface area contributed by atoms with Crippen LogP contribution in [0.1, 0.15) is 25.0 Å². The molecule has 1 heterocycles. The third kappa shape index (κ3) is 5.33. The van der Waals surface area contributed by atoms with Gasteiger partial charge < -0.3 is 0 Å². The van der Waals surface area contributed by atoms with Crippen molar-refractivity contribution >= 4 is 32.3 Å². The van der Waals surface area contributed by atoms with Crippen LogP contribution in [0, 0.1) is 0 Å². The zero-order chi connectivity index (χ0) is 38.1. The van der Waals surface area contributed by atoms with Gasteiger partial charge in [0.2, 0.25) is 0 Å². The van der Waals surface area contributed by atoms with Crippen molar-refractivity contribution in [3.8, 4) is 67.3 Å². The third-order valence-corrected chi connectivity index (χ3v) is 12.1. The van der Waals surface area contributed by atoms with Crippen molar-refractivity contribution in [2.24, 2.45) is 0 Å². The van der Waals surface area contributed by atoms with Gasteiger partial charge in [0, 0.05) is 22.1 Å². The van der Waals surface area contributed by atoms with Gasteiger partial charge in [0.15, 0.2) is 5.82 Å². The molecular formula is C55H38N2. The first-order valence-corrected chi connectivity index (χ1v) is 19.7. The predicted octanol–water partition coefficient (Wildman–Crippen LogP) is 14.6. The number of fused-ring (bicyclic) bond motifs is 7. The largest absolute Gasteiger partial charge is 0.228 e. The first-order valence-electron chi connectivity index (χ1n) is 19.7. The molecule has 0 spiro atoms. The molecule has 57 heavy (non-hydrogen) atoms. The predicted molar refractivity (Wildman–Crippen MR) is 239 cm³/mol. The zero-order valence-corrected chi connectivity index (χ0v) is 31.9. The Balaban J connectivity index is 1.14. The Morgan fingerprint density at radius 2 is 0.930 bits per heavy atom. The third-order valence-electron chi connectivity index (χ3n) is 12.1. The maximum atomic E-state index is 5.49. The second-order valence-corrected chi connectivity index (χ2v) is 15.7. The molecule has 1 aromatic heterocycles. The molecule has 0 saturated carbocycles. The van der Waals surface area contributed by atoms with Crippen LogP contribution >= 0.6 is 0 Å². The molecule has 0 radical (unpaired) electrons. The Morgan fingerprint density at radius 1 is 0.333 bits per heavy atom. The summed E-state index contributed by atoms with van der Waals surface area (Å²) in [4.78, 5) is 11.0. The summed E-state index contributed by atoms with van der Waals surface area (Å²) in [6, 6.07) is 70.1. The standard InChI is InChI=1S/C55H38N2/c1-55(2)48-25-13-12-23-46(48)52-42(24-14-26-49(52)55)37-27-29-38(30-28-37)50-34-51(44-22-11-10-19-40(44)35-15-4-3-5-16-35)57-54(56-50)53-43-21-9-7-18-39(43)33-47-41-20-8-6-17-36(41)31-32-45(47)53/h3-34H,1-2H3. The highest BCUT2D eigenvalue weighted by Gasteiger charge is 2.36. The van der Waals surface area contributed by atoms with Gasteiger partial charge in [-0.2, -0.15) is 0 Å². The van der Waals surface area contributed by atoms with Crippen LogP contribution in [0.2, 0.25) is 0 Å². The number of nitrogens with zero attached hydrogens (tertiary/aromatic N) is 2. The molecule has 9 aromatic carbocycles. The van der Waals surface area contributed by atoms with Crippen LogP contribution in [-0.2, 0) is 5.41 Å². The van der Waals surface area contributed by atoms with Crippen molar-refractivity contribution in [2.75, 3.05) is 0 Å². The maximum absolute atomic E-state index is 5.49. The summed E-state index contributed by atoms with van der Waals surface area (Å²) < 4.78 is 0. The average Bonchev–Trinajstić information content (AvgIpc) is 3.51. The summed E-state index contributed by atoms with van der Waals surface area (Å²) in [7, 11) is 0. The lowest BCUT2D eigenvalue weighted by Crippen LogP contribution is -2.14. The lowest BCUT2D eigenvalue weighted by atomic mass is 9.82. The van der Waals surface area contributed by atoms with Crippen molar-refractivity contribution in [2.45, 2.75) is 19.3 Å². The van der Waals surface area contributed by atoms with Crippen molar-refractivity contribution < 1.29 is 0 Å². The fraction of sp³-hybridized carbons (Fsp3) is 0.0545. The summed E-state index contributed by atoms with van der Waals surface area (Å²) in [6.07, 6.45) is 0. The van der Waals surface area contributed by atoms with Gasteiger partial charge in [-0.15, -0.1) is 0 Å². The van der Waals surface area contributed by atoms with E-state index in [9.17, 15) is 0 Å². The molecule has 2 nitrogen and oxygen atoms in total. The maximum Gasteiger partial charge on any atom is 0.161 e. The molecule has 2 heteroatoms. The van der Waals surface area contributed by atoms with E-state index in [0.717, 1.165) is 50.0 Å². The molecule has 1 aliphatic rings. The van der Waals surface area contributed by atoms with Gasteiger partial charge in [0.25, 0.3) is 0 Å². The van der Waals surface area contributed by atoms with E-state index in [1.165, 1.54) is 54.9 Å². The Labute approximate surface area is 332 Å². The second kappa shape index (κ2) is 13.0. The Hall–Kier alpha value is -7.16.